The van der Waals surface area contributed by atoms with Crippen molar-refractivity contribution in [1.29, 1.82) is 0 Å². The van der Waals surface area contributed by atoms with Crippen molar-refractivity contribution in [3.05, 3.63) is 11.6 Å². The number of nitrogens with zero attached hydrogens (tertiary/aromatic N) is 1. The van der Waals surface area contributed by atoms with Gasteiger partial charge < -0.3 is 4.74 Å². The zero-order chi connectivity index (χ0) is 9.14. The lowest BCUT2D eigenvalue weighted by atomic mass is 10.1. The Morgan fingerprint density at radius 2 is 2.42 bits per heavy atom. The third-order valence-electron chi connectivity index (χ3n) is 2.46. The Morgan fingerprint density at radius 1 is 1.75 bits per heavy atom. The fourth-order valence-electron chi connectivity index (χ4n) is 1.39. The van der Waals surface area contributed by atoms with Gasteiger partial charge in [0.25, 0.3) is 0 Å². The minimum absolute atomic E-state index is 0.243. The lowest BCUT2D eigenvalue weighted by molar-refractivity contribution is -0.134. The van der Waals surface area contributed by atoms with Gasteiger partial charge in [-0.1, -0.05) is 0 Å². The second kappa shape index (κ2) is 3.72. The van der Waals surface area contributed by atoms with Crippen LogP contribution in [-0.2, 0) is 9.53 Å². The van der Waals surface area contributed by atoms with Crippen molar-refractivity contribution in [3.63, 3.8) is 0 Å². The minimum atomic E-state index is -0.243. The number of likely N-dealkylation sites (N-methyl/N-ethyl adjacent to an activating group) is 1. The summed E-state index contributed by atoms with van der Waals surface area (Å²) in [4.78, 5) is 13.1. The van der Waals surface area contributed by atoms with E-state index in [0.29, 0.717) is 6.04 Å². The first-order valence-corrected chi connectivity index (χ1v) is 4.14. The molecule has 0 bridgehead atoms. The van der Waals surface area contributed by atoms with E-state index >= 15 is 0 Å². The van der Waals surface area contributed by atoms with Gasteiger partial charge in [0.1, 0.15) is 0 Å². The monoisotopic (exact) mass is 169 g/mol. The molecule has 0 aliphatic carbocycles. The number of rotatable bonds is 1. The Balaban J connectivity index is 2.64. The maximum atomic E-state index is 10.9. The third kappa shape index (κ3) is 1.85. The highest BCUT2D eigenvalue weighted by molar-refractivity contribution is 5.82. The van der Waals surface area contributed by atoms with Crippen LogP contribution in [0.1, 0.15) is 13.3 Å². The normalized spacial score (nSPS) is 27.9. The molecule has 0 radical (unpaired) electrons. The topological polar surface area (TPSA) is 29.5 Å². The average Bonchev–Trinajstić information content (AvgIpc) is 2.36. The summed E-state index contributed by atoms with van der Waals surface area (Å²) in [6.45, 7) is 3.13. The first kappa shape index (κ1) is 9.26. The van der Waals surface area contributed by atoms with E-state index in [0.717, 1.165) is 13.0 Å². The Kier molecular flexibility index (Phi) is 2.87. The summed E-state index contributed by atoms with van der Waals surface area (Å²) in [5.74, 6) is -0.243. The standard InChI is InChI=1S/C9H15NO2/c1-7-8(4-5-10(7)2)6-9(11)12-3/h6-7H,4-5H2,1-3H3/b8-6+. The molecule has 0 N–H and O–H groups in total. The fourth-order valence-corrected chi connectivity index (χ4v) is 1.39. The molecule has 1 aliphatic rings. The number of hydrogen-bond donors (Lipinski definition) is 0. The Bertz CT molecular complexity index is 211. The molecule has 0 aromatic heterocycles. The molecule has 0 aromatic rings. The second-order valence-corrected chi connectivity index (χ2v) is 3.15. The highest BCUT2D eigenvalue weighted by Gasteiger charge is 2.22. The van der Waals surface area contributed by atoms with E-state index in [2.05, 4.69) is 23.6 Å². The highest BCUT2D eigenvalue weighted by Crippen LogP contribution is 2.20. The van der Waals surface area contributed by atoms with Crippen LogP contribution in [0.2, 0.25) is 0 Å². The van der Waals surface area contributed by atoms with Gasteiger partial charge in [-0.3, -0.25) is 4.90 Å². The molecule has 0 amide bonds. The molecule has 68 valence electrons. The first-order chi connectivity index (χ1) is 5.65. The molecule has 1 atom stereocenters. The van der Waals surface area contributed by atoms with E-state index in [1.54, 1.807) is 6.08 Å². The van der Waals surface area contributed by atoms with Gasteiger partial charge in [-0.15, -0.1) is 0 Å². The van der Waals surface area contributed by atoms with Gasteiger partial charge in [-0.05, 0) is 26.0 Å². The number of carbonyl (C=O) groups is 1. The zero-order valence-electron chi connectivity index (χ0n) is 7.83. The second-order valence-electron chi connectivity index (χ2n) is 3.15. The molecule has 3 heteroatoms. The van der Waals surface area contributed by atoms with E-state index < -0.39 is 0 Å². The maximum Gasteiger partial charge on any atom is 0.330 e. The number of carbonyl (C=O) groups excluding carboxylic acids is 1. The van der Waals surface area contributed by atoms with Crippen LogP contribution < -0.4 is 0 Å². The Hall–Kier alpha value is -0.830. The maximum absolute atomic E-state index is 10.9. The highest BCUT2D eigenvalue weighted by atomic mass is 16.5. The molecule has 1 heterocycles. The summed E-state index contributed by atoms with van der Waals surface area (Å²) >= 11 is 0. The molecule has 0 saturated carbocycles. The van der Waals surface area contributed by atoms with Crippen molar-refractivity contribution in [2.75, 3.05) is 20.7 Å². The first-order valence-electron chi connectivity index (χ1n) is 4.14. The Labute approximate surface area is 73.0 Å². The van der Waals surface area contributed by atoms with E-state index in [1.807, 2.05) is 0 Å². The van der Waals surface area contributed by atoms with Crippen LogP contribution in [0.25, 0.3) is 0 Å². The summed E-state index contributed by atoms with van der Waals surface area (Å²) in [5, 5.41) is 0. The van der Waals surface area contributed by atoms with Gasteiger partial charge >= 0.3 is 5.97 Å². The van der Waals surface area contributed by atoms with E-state index in [1.165, 1.54) is 12.7 Å². The molecule has 1 aliphatic heterocycles. The smallest absolute Gasteiger partial charge is 0.330 e. The van der Waals surface area contributed by atoms with Crippen molar-refractivity contribution >= 4 is 5.97 Å². The van der Waals surface area contributed by atoms with Crippen LogP contribution in [0.3, 0.4) is 0 Å². The summed E-state index contributed by atoms with van der Waals surface area (Å²) in [6, 6.07) is 0.379. The average molecular weight is 169 g/mol. The van der Waals surface area contributed by atoms with Crippen molar-refractivity contribution in [2.45, 2.75) is 19.4 Å². The van der Waals surface area contributed by atoms with Crippen LogP contribution in [-0.4, -0.2) is 37.6 Å². The number of likely N-dealkylation sites (tertiary alicyclic amines) is 1. The van der Waals surface area contributed by atoms with Crippen LogP contribution >= 0.6 is 0 Å². The van der Waals surface area contributed by atoms with Crippen LogP contribution in [0.15, 0.2) is 11.6 Å². The molecular weight excluding hydrogens is 154 g/mol. The predicted molar refractivity (Wildman–Crippen MR) is 46.8 cm³/mol. The summed E-state index contributed by atoms with van der Waals surface area (Å²) in [5.41, 5.74) is 1.17. The minimum Gasteiger partial charge on any atom is -0.466 e. The number of ether oxygens (including phenoxy) is 1. The van der Waals surface area contributed by atoms with Gasteiger partial charge in [0, 0.05) is 18.7 Å². The molecule has 1 rings (SSSR count). The van der Waals surface area contributed by atoms with Crippen LogP contribution in [0.4, 0.5) is 0 Å². The van der Waals surface area contributed by atoms with Crippen molar-refractivity contribution in [1.82, 2.24) is 4.90 Å². The van der Waals surface area contributed by atoms with Gasteiger partial charge in [-0.2, -0.15) is 0 Å². The zero-order valence-corrected chi connectivity index (χ0v) is 7.83. The fraction of sp³-hybridized carbons (Fsp3) is 0.667. The lowest BCUT2D eigenvalue weighted by Crippen LogP contribution is -2.22. The summed E-state index contributed by atoms with van der Waals surface area (Å²) in [6.07, 6.45) is 2.58. The van der Waals surface area contributed by atoms with Gasteiger partial charge in [0.05, 0.1) is 7.11 Å². The van der Waals surface area contributed by atoms with Gasteiger partial charge in [0.15, 0.2) is 0 Å². The summed E-state index contributed by atoms with van der Waals surface area (Å²) < 4.78 is 4.56. The number of esters is 1. The largest absolute Gasteiger partial charge is 0.466 e. The molecule has 1 unspecified atom stereocenters. The quantitative estimate of drug-likeness (QED) is 0.430. The van der Waals surface area contributed by atoms with Crippen LogP contribution in [0, 0.1) is 0 Å². The molecule has 0 aromatic carbocycles. The van der Waals surface area contributed by atoms with E-state index in [9.17, 15) is 4.79 Å². The number of hydrogen-bond acceptors (Lipinski definition) is 3. The van der Waals surface area contributed by atoms with Crippen molar-refractivity contribution < 1.29 is 9.53 Å². The molecular formula is C9H15NO2. The SMILES string of the molecule is COC(=O)/C=C1\CCN(C)C1C. The predicted octanol–water partition coefficient (Wildman–Crippen LogP) is 0.810. The van der Waals surface area contributed by atoms with Gasteiger partial charge in [-0.25, -0.2) is 4.79 Å². The summed E-state index contributed by atoms with van der Waals surface area (Å²) in [7, 11) is 3.46. The van der Waals surface area contributed by atoms with Gasteiger partial charge in [0.2, 0.25) is 0 Å². The molecule has 1 fully saturated rings. The third-order valence-corrected chi connectivity index (χ3v) is 2.46. The molecule has 0 spiro atoms. The van der Waals surface area contributed by atoms with Crippen molar-refractivity contribution in [3.8, 4) is 0 Å². The van der Waals surface area contributed by atoms with Crippen LogP contribution in [0.5, 0.6) is 0 Å². The molecule has 3 nitrogen and oxygen atoms in total. The number of methoxy groups -OCH3 is 1. The molecule has 1 saturated heterocycles. The Morgan fingerprint density at radius 3 is 2.83 bits per heavy atom. The lowest BCUT2D eigenvalue weighted by Gasteiger charge is -2.14. The molecule has 12 heavy (non-hydrogen) atoms. The van der Waals surface area contributed by atoms with E-state index in [-0.39, 0.29) is 5.97 Å². The van der Waals surface area contributed by atoms with E-state index in [4.69, 9.17) is 0 Å². The van der Waals surface area contributed by atoms with Crippen molar-refractivity contribution in [2.24, 2.45) is 0 Å².